The fraction of sp³-hybridized carbons (Fsp3) is 0.0690. The fourth-order valence-corrected chi connectivity index (χ4v) is 5.04. The van der Waals surface area contributed by atoms with Crippen LogP contribution in [0.5, 0.6) is 0 Å². The second-order valence-corrected chi connectivity index (χ2v) is 10.0. The standard InChI is InChI=1S/C29H20Cl4N3/c1-16-12-20(30)10-11-23(16)35-26-14-25(36-24-9-5-7-18-6-3-4-8-21(18)24)17(2)27(28(26)32)19-13-22(31)29(33)34-15-19/h3-15,35H,1-2H3. The van der Waals surface area contributed by atoms with Crippen LogP contribution >= 0.6 is 46.4 Å². The smallest absolute Gasteiger partial charge is 0.147 e. The van der Waals surface area contributed by atoms with E-state index in [1.54, 1.807) is 12.3 Å². The summed E-state index contributed by atoms with van der Waals surface area (Å²) in [7, 11) is 0. The van der Waals surface area contributed by atoms with Crippen LogP contribution < -0.4 is 10.6 Å². The van der Waals surface area contributed by atoms with Crippen molar-refractivity contribution in [3.05, 3.63) is 110 Å². The lowest BCUT2D eigenvalue weighted by Gasteiger charge is -2.20. The number of hydrogen-bond acceptors (Lipinski definition) is 2. The maximum atomic E-state index is 7.01. The van der Waals surface area contributed by atoms with Crippen LogP contribution in [0.25, 0.3) is 21.9 Å². The van der Waals surface area contributed by atoms with Gasteiger partial charge in [-0.15, -0.1) is 0 Å². The van der Waals surface area contributed by atoms with Gasteiger partial charge in [-0.2, -0.15) is 0 Å². The molecule has 1 aromatic heterocycles. The SMILES string of the molecule is Cc1cc(Cl)ccc1Nc1cc([N]c2cccc3ccccc23)c(C)c(-c2cnc(Cl)c(Cl)c2)c1Cl. The highest BCUT2D eigenvalue weighted by atomic mass is 35.5. The van der Waals surface area contributed by atoms with Gasteiger partial charge in [0.1, 0.15) is 5.15 Å². The molecule has 1 radical (unpaired) electrons. The molecule has 4 aromatic carbocycles. The summed E-state index contributed by atoms with van der Waals surface area (Å²) < 4.78 is 0. The molecule has 1 N–H and O–H groups in total. The topological polar surface area (TPSA) is 39.0 Å². The van der Waals surface area contributed by atoms with Crippen molar-refractivity contribution in [1.82, 2.24) is 10.3 Å². The molecule has 0 spiro atoms. The Hall–Kier alpha value is -2.95. The van der Waals surface area contributed by atoms with Crippen molar-refractivity contribution in [3.63, 3.8) is 0 Å². The van der Waals surface area contributed by atoms with E-state index >= 15 is 0 Å². The highest BCUT2D eigenvalue weighted by molar-refractivity contribution is 6.41. The van der Waals surface area contributed by atoms with Gasteiger partial charge in [0.25, 0.3) is 0 Å². The molecular weight excluding hydrogens is 532 g/mol. The van der Waals surface area contributed by atoms with E-state index in [0.29, 0.717) is 20.8 Å². The van der Waals surface area contributed by atoms with Gasteiger partial charge in [0, 0.05) is 33.4 Å². The summed E-state index contributed by atoms with van der Waals surface area (Å²) in [6, 6.07) is 23.7. The lowest BCUT2D eigenvalue weighted by Crippen LogP contribution is -2.01. The number of rotatable bonds is 5. The first-order chi connectivity index (χ1) is 17.3. The first-order valence-electron chi connectivity index (χ1n) is 11.2. The summed E-state index contributed by atoms with van der Waals surface area (Å²) in [6.07, 6.45) is 1.67. The molecule has 1 heterocycles. The Kier molecular flexibility index (Phi) is 7.00. The van der Waals surface area contributed by atoms with E-state index in [4.69, 9.17) is 51.7 Å². The van der Waals surface area contributed by atoms with Crippen molar-refractivity contribution in [1.29, 1.82) is 0 Å². The number of pyridine rings is 1. The number of aryl methyl sites for hydroxylation is 1. The van der Waals surface area contributed by atoms with Gasteiger partial charge in [0.15, 0.2) is 0 Å². The Morgan fingerprint density at radius 2 is 1.56 bits per heavy atom. The molecule has 5 aromatic rings. The third kappa shape index (κ3) is 4.85. The number of hydrogen-bond donors (Lipinski definition) is 1. The average molecular weight is 552 g/mol. The molecule has 179 valence electrons. The van der Waals surface area contributed by atoms with Crippen LogP contribution in [0, 0.1) is 13.8 Å². The van der Waals surface area contributed by atoms with Crippen molar-refractivity contribution in [3.8, 4) is 11.1 Å². The van der Waals surface area contributed by atoms with Crippen LogP contribution in [-0.2, 0) is 0 Å². The molecule has 7 heteroatoms. The Morgan fingerprint density at radius 1 is 0.778 bits per heavy atom. The quantitative estimate of drug-likeness (QED) is 0.220. The maximum absolute atomic E-state index is 7.01. The van der Waals surface area contributed by atoms with Gasteiger partial charge in [-0.05, 0) is 66.8 Å². The summed E-state index contributed by atoms with van der Waals surface area (Å²) >= 11 is 25.6. The van der Waals surface area contributed by atoms with E-state index in [0.717, 1.165) is 50.1 Å². The van der Waals surface area contributed by atoms with E-state index < -0.39 is 0 Å². The first kappa shape index (κ1) is 24.7. The maximum Gasteiger partial charge on any atom is 0.147 e. The minimum atomic E-state index is 0.237. The van der Waals surface area contributed by atoms with Gasteiger partial charge < -0.3 is 5.32 Å². The predicted molar refractivity (Wildman–Crippen MR) is 154 cm³/mol. The third-order valence-corrected chi connectivity index (χ3v) is 7.36. The van der Waals surface area contributed by atoms with Gasteiger partial charge in [-0.1, -0.05) is 82.8 Å². The van der Waals surface area contributed by atoms with Gasteiger partial charge in [0.05, 0.1) is 27.1 Å². The largest absolute Gasteiger partial charge is 0.354 e. The molecule has 0 unspecified atom stereocenters. The van der Waals surface area contributed by atoms with E-state index in [1.165, 1.54) is 0 Å². The Labute approximate surface area is 230 Å². The highest BCUT2D eigenvalue weighted by Gasteiger charge is 2.19. The minimum absolute atomic E-state index is 0.237. The highest BCUT2D eigenvalue weighted by Crippen LogP contribution is 2.44. The Morgan fingerprint density at radius 3 is 2.33 bits per heavy atom. The van der Waals surface area contributed by atoms with Gasteiger partial charge in [-0.3, -0.25) is 0 Å². The van der Waals surface area contributed by atoms with Gasteiger partial charge >= 0.3 is 0 Å². The van der Waals surface area contributed by atoms with Crippen molar-refractivity contribution in [2.75, 3.05) is 5.32 Å². The molecule has 0 bridgehead atoms. The monoisotopic (exact) mass is 550 g/mol. The summed E-state index contributed by atoms with van der Waals surface area (Å²) in [5.41, 5.74) is 6.63. The fourth-order valence-electron chi connectivity index (χ4n) is 4.19. The molecule has 0 saturated heterocycles. The zero-order chi connectivity index (χ0) is 25.4. The van der Waals surface area contributed by atoms with E-state index in [2.05, 4.69) is 28.5 Å². The van der Waals surface area contributed by atoms with E-state index in [-0.39, 0.29) is 5.15 Å². The van der Waals surface area contributed by atoms with E-state index in [1.807, 2.05) is 62.4 Å². The second-order valence-electron chi connectivity index (χ2n) is 8.45. The average Bonchev–Trinajstić information content (AvgIpc) is 2.86. The molecule has 0 amide bonds. The number of nitrogens with one attached hydrogen (secondary N) is 1. The first-order valence-corrected chi connectivity index (χ1v) is 12.7. The molecule has 0 aliphatic carbocycles. The predicted octanol–water partition coefficient (Wildman–Crippen LogP) is 10.4. The summed E-state index contributed by atoms with van der Waals surface area (Å²) in [5, 5.41) is 12.5. The molecule has 5 rings (SSSR count). The number of anilines is 2. The molecule has 0 aliphatic rings. The normalized spacial score (nSPS) is 11.1. The molecule has 36 heavy (non-hydrogen) atoms. The zero-order valence-corrected chi connectivity index (χ0v) is 22.4. The third-order valence-electron chi connectivity index (χ3n) is 6.05. The lowest BCUT2D eigenvalue weighted by molar-refractivity contribution is 1.17. The molecular formula is C29H20Cl4N3. The molecule has 0 aliphatic heterocycles. The summed E-state index contributed by atoms with van der Waals surface area (Å²) in [6.45, 7) is 3.98. The Bertz CT molecular complexity index is 1610. The van der Waals surface area contributed by atoms with Gasteiger partial charge in [0.2, 0.25) is 0 Å². The molecule has 0 saturated carbocycles. The molecule has 0 atom stereocenters. The molecule has 3 nitrogen and oxygen atoms in total. The second kappa shape index (κ2) is 10.2. The van der Waals surface area contributed by atoms with Crippen LogP contribution in [0.3, 0.4) is 0 Å². The Balaban J connectivity index is 1.69. The van der Waals surface area contributed by atoms with Crippen LogP contribution in [-0.4, -0.2) is 4.98 Å². The number of nitrogens with zero attached hydrogens (tertiary/aromatic N) is 2. The minimum Gasteiger partial charge on any atom is -0.354 e. The zero-order valence-electron chi connectivity index (χ0n) is 19.4. The molecule has 0 fully saturated rings. The van der Waals surface area contributed by atoms with Crippen LogP contribution in [0.4, 0.5) is 22.7 Å². The van der Waals surface area contributed by atoms with Crippen molar-refractivity contribution < 1.29 is 0 Å². The van der Waals surface area contributed by atoms with Gasteiger partial charge in [-0.25, -0.2) is 10.3 Å². The van der Waals surface area contributed by atoms with E-state index in [9.17, 15) is 0 Å². The van der Waals surface area contributed by atoms with Crippen LogP contribution in [0.15, 0.2) is 79.0 Å². The number of aromatic nitrogens is 1. The number of benzene rings is 4. The number of halogens is 4. The summed E-state index contributed by atoms with van der Waals surface area (Å²) in [5.74, 6) is 0. The van der Waals surface area contributed by atoms with Crippen molar-refractivity contribution in [2.45, 2.75) is 13.8 Å². The van der Waals surface area contributed by atoms with Crippen LogP contribution in [0.2, 0.25) is 20.2 Å². The number of fused-ring (bicyclic) bond motifs is 1. The van der Waals surface area contributed by atoms with Crippen molar-refractivity contribution >= 4 is 79.9 Å². The van der Waals surface area contributed by atoms with Crippen molar-refractivity contribution in [2.24, 2.45) is 0 Å². The summed E-state index contributed by atoms with van der Waals surface area (Å²) in [4.78, 5) is 4.24. The van der Waals surface area contributed by atoms with Crippen LogP contribution in [0.1, 0.15) is 11.1 Å². The lowest BCUT2D eigenvalue weighted by atomic mass is 9.98.